The minimum Gasteiger partial charge on any atom is -0.438 e. The number of rotatable bonds is 7. The van der Waals surface area contributed by atoms with E-state index in [4.69, 9.17) is 4.74 Å². The number of hydrogen-bond acceptors (Lipinski definition) is 6. The Hall–Kier alpha value is -5.25. The molecule has 0 radical (unpaired) electrons. The van der Waals surface area contributed by atoms with Crippen molar-refractivity contribution in [1.82, 2.24) is 19.2 Å². The Labute approximate surface area is 222 Å². The number of carbonyl (C=O) groups is 2. The zero-order valence-electron chi connectivity index (χ0n) is 21.0. The molecule has 2 aromatic carbocycles. The number of imidazole rings is 1. The molecule has 5 aromatic rings. The van der Waals surface area contributed by atoms with Crippen molar-refractivity contribution in [2.75, 3.05) is 10.6 Å². The number of ether oxygens (including phenoxy) is 1. The highest BCUT2D eigenvalue weighted by molar-refractivity contribution is 6.04. The molecular weight excluding hydrogens is 496 g/mol. The van der Waals surface area contributed by atoms with Crippen LogP contribution in [0.2, 0.25) is 0 Å². The third-order valence-electron chi connectivity index (χ3n) is 6.39. The summed E-state index contributed by atoms with van der Waals surface area (Å²) in [5.41, 5.74) is 2.18. The lowest BCUT2D eigenvalue weighted by molar-refractivity contribution is -0.117. The average molecular weight is 521 g/mol. The lowest BCUT2D eigenvalue weighted by Gasteiger charge is -2.12. The Kier molecular flexibility index (Phi) is 6.12. The first-order valence-electron chi connectivity index (χ1n) is 12.5. The molecule has 10 heteroatoms. The summed E-state index contributed by atoms with van der Waals surface area (Å²) in [6, 6.07) is 20.9. The van der Waals surface area contributed by atoms with E-state index < -0.39 is 11.5 Å². The van der Waals surface area contributed by atoms with Crippen LogP contribution in [-0.2, 0) is 4.79 Å². The maximum absolute atomic E-state index is 13.0. The normalized spacial score (nSPS) is 12.7. The van der Waals surface area contributed by atoms with Crippen LogP contribution in [0, 0.1) is 12.8 Å². The predicted octanol–water partition coefficient (Wildman–Crippen LogP) is 4.58. The maximum atomic E-state index is 13.0. The number of amides is 2. The number of anilines is 2. The zero-order chi connectivity index (χ0) is 26.9. The van der Waals surface area contributed by atoms with Gasteiger partial charge in [-0.1, -0.05) is 18.2 Å². The van der Waals surface area contributed by atoms with E-state index in [1.165, 1.54) is 10.6 Å². The van der Waals surface area contributed by atoms with Crippen molar-refractivity contribution in [2.24, 2.45) is 5.92 Å². The second-order valence-electron chi connectivity index (χ2n) is 9.33. The molecule has 0 spiro atoms. The van der Waals surface area contributed by atoms with Crippen LogP contribution in [0.15, 0.2) is 90.0 Å². The summed E-state index contributed by atoms with van der Waals surface area (Å²) in [6.45, 7) is 1.83. The van der Waals surface area contributed by atoms with Gasteiger partial charge in [-0.15, -0.1) is 5.10 Å². The van der Waals surface area contributed by atoms with Crippen LogP contribution in [0.5, 0.6) is 11.6 Å². The molecule has 3 heterocycles. The minimum atomic E-state index is -0.501. The SMILES string of the molecule is Cc1cc(Oc2ccc3nc(NC(=O)C4CC4)cn3n2)ccc1NC(=O)c1cccn(-c2ccccc2)c1=O. The summed E-state index contributed by atoms with van der Waals surface area (Å²) in [7, 11) is 0. The molecule has 39 heavy (non-hydrogen) atoms. The number of fused-ring (bicyclic) bond motifs is 1. The molecule has 0 unspecified atom stereocenters. The van der Waals surface area contributed by atoms with Crippen LogP contribution in [0.3, 0.4) is 0 Å². The van der Waals surface area contributed by atoms with Gasteiger partial charge in [0.15, 0.2) is 11.5 Å². The van der Waals surface area contributed by atoms with Crippen molar-refractivity contribution in [3.8, 4) is 17.3 Å². The fourth-order valence-electron chi connectivity index (χ4n) is 4.16. The van der Waals surface area contributed by atoms with Gasteiger partial charge in [-0.3, -0.25) is 19.0 Å². The van der Waals surface area contributed by atoms with E-state index in [0.29, 0.717) is 34.5 Å². The third-order valence-corrected chi connectivity index (χ3v) is 6.39. The zero-order valence-corrected chi connectivity index (χ0v) is 21.0. The van der Waals surface area contributed by atoms with Gasteiger partial charge in [0.1, 0.15) is 11.3 Å². The van der Waals surface area contributed by atoms with E-state index in [2.05, 4.69) is 20.7 Å². The van der Waals surface area contributed by atoms with E-state index in [1.54, 1.807) is 65.4 Å². The number of nitrogens with zero attached hydrogens (tertiary/aromatic N) is 4. The maximum Gasteiger partial charge on any atom is 0.267 e. The molecule has 10 nitrogen and oxygen atoms in total. The van der Waals surface area contributed by atoms with Gasteiger partial charge in [-0.05, 0) is 73.9 Å². The van der Waals surface area contributed by atoms with Gasteiger partial charge in [-0.2, -0.15) is 0 Å². The highest BCUT2D eigenvalue weighted by atomic mass is 16.5. The number of carbonyl (C=O) groups excluding carboxylic acids is 2. The second kappa shape index (κ2) is 9.90. The molecule has 1 saturated carbocycles. The molecular formula is C29H24N6O4. The van der Waals surface area contributed by atoms with Crippen molar-refractivity contribution >= 4 is 29.0 Å². The molecule has 194 valence electrons. The topological polar surface area (TPSA) is 120 Å². The van der Waals surface area contributed by atoms with Gasteiger partial charge in [0.05, 0.1) is 6.20 Å². The largest absolute Gasteiger partial charge is 0.438 e. The molecule has 0 atom stereocenters. The van der Waals surface area contributed by atoms with E-state index >= 15 is 0 Å². The fourth-order valence-corrected chi connectivity index (χ4v) is 4.16. The molecule has 0 aliphatic heterocycles. The number of aromatic nitrogens is 4. The smallest absolute Gasteiger partial charge is 0.267 e. The van der Waals surface area contributed by atoms with Gasteiger partial charge in [0.25, 0.3) is 11.5 Å². The van der Waals surface area contributed by atoms with Crippen LogP contribution < -0.4 is 20.9 Å². The third kappa shape index (κ3) is 5.12. The van der Waals surface area contributed by atoms with Gasteiger partial charge in [0, 0.05) is 29.6 Å². The summed E-state index contributed by atoms with van der Waals surface area (Å²) in [5, 5.41) is 10.0. The van der Waals surface area contributed by atoms with Crippen molar-refractivity contribution in [2.45, 2.75) is 19.8 Å². The van der Waals surface area contributed by atoms with Crippen LogP contribution in [-0.4, -0.2) is 31.0 Å². The van der Waals surface area contributed by atoms with Crippen molar-refractivity contribution in [3.05, 3.63) is 107 Å². The highest BCUT2D eigenvalue weighted by Gasteiger charge is 2.30. The number of nitrogens with one attached hydrogen (secondary N) is 2. The number of para-hydroxylation sites is 1. The Bertz CT molecular complexity index is 1770. The summed E-state index contributed by atoms with van der Waals surface area (Å²) in [4.78, 5) is 42.3. The molecule has 1 fully saturated rings. The Balaban J connectivity index is 1.16. The molecule has 2 N–H and O–H groups in total. The molecule has 6 rings (SSSR count). The van der Waals surface area contributed by atoms with Crippen molar-refractivity contribution in [3.63, 3.8) is 0 Å². The summed E-state index contributed by atoms with van der Waals surface area (Å²) in [5.74, 6) is 0.859. The molecule has 1 aliphatic rings. The first kappa shape index (κ1) is 24.1. The van der Waals surface area contributed by atoms with Crippen LogP contribution in [0.25, 0.3) is 11.3 Å². The molecule has 1 aliphatic carbocycles. The van der Waals surface area contributed by atoms with E-state index in [0.717, 1.165) is 18.4 Å². The first-order chi connectivity index (χ1) is 18.9. The average Bonchev–Trinajstić information content (AvgIpc) is 3.71. The minimum absolute atomic E-state index is 0.0216. The Morgan fingerprint density at radius 1 is 0.974 bits per heavy atom. The van der Waals surface area contributed by atoms with E-state index in [1.807, 2.05) is 25.1 Å². The second-order valence-corrected chi connectivity index (χ2v) is 9.33. The molecule has 0 saturated heterocycles. The molecule has 0 bridgehead atoms. The van der Waals surface area contributed by atoms with Gasteiger partial charge < -0.3 is 15.4 Å². The van der Waals surface area contributed by atoms with Crippen molar-refractivity contribution in [1.29, 1.82) is 0 Å². The van der Waals surface area contributed by atoms with Gasteiger partial charge >= 0.3 is 0 Å². The van der Waals surface area contributed by atoms with E-state index in [9.17, 15) is 14.4 Å². The standard InChI is InChI=1S/C29H24N6O4/c1-18-16-21(39-26-14-13-25-31-24(17-35(25)33-26)32-27(36)19-9-10-19)11-12-23(18)30-28(37)22-8-5-15-34(29(22)38)20-6-3-2-4-7-20/h2-8,11-17,19H,9-10H2,1H3,(H,30,37)(H,32,36). The monoisotopic (exact) mass is 520 g/mol. The van der Waals surface area contributed by atoms with Crippen LogP contribution in [0.1, 0.15) is 28.8 Å². The predicted molar refractivity (Wildman–Crippen MR) is 146 cm³/mol. The summed E-state index contributed by atoms with van der Waals surface area (Å²) < 4.78 is 8.90. The Morgan fingerprint density at radius 2 is 1.79 bits per heavy atom. The van der Waals surface area contributed by atoms with Gasteiger partial charge in [0.2, 0.25) is 11.8 Å². The number of hydrogen-bond donors (Lipinski definition) is 2. The molecule has 3 aromatic heterocycles. The highest BCUT2D eigenvalue weighted by Crippen LogP contribution is 2.30. The van der Waals surface area contributed by atoms with Crippen molar-refractivity contribution < 1.29 is 14.3 Å². The van der Waals surface area contributed by atoms with E-state index in [-0.39, 0.29) is 17.4 Å². The Morgan fingerprint density at radius 3 is 2.56 bits per heavy atom. The number of benzene rings is 2. The quantitative estimate of drug-likeness (QED) is 0.324. The number of pyridine rings is 1. The lowest BCUT2D eigenvalue weighted by Crippen LogP contribution is -2.27. The lowest BCUT2D eigenvalue weighted by atomic mass is 10.1. The van der Waals surface area contributed by atoms with Crippen LogP contribution >= 0.6 is 0 Å². The summed E-state index contributed by atoms with van der Waals surface area (Å²) in [6.07, 6.45) is 5.10. The van der Waals surface area contributed by atoms with Gasteiger partial charge in [-0.25, -0.2) is 9.50 Å². The fraction of sp³-hybridized carbons (Fsp3) is 0.138. The van der Waals surface area contributed by atoms with Crippen LogP contribution in [0.4, 0.5) is 11.5 Å². The summed E-state index contributed by atoms with van der Waals surface area (Å²) >= 11 is 0. The first-order valence-corrected chi connectivity index (χ1v) is 12.5. The number of aryl methyl sites for hydroxylation is 1. The molecule has 2 amide bonds.